The Kier molecular flexibility index (Phi) is 3.84. The number of hydrogen-bond acceptors (Lipinski definition) is 3. The van der Waals surface area contributed by atoms with Crippen molar-refractivity contribution < 1.29 is 4.42 Å². The van der Waals surface area contributed by atoms with Crippen molar-refractivity contribution in [1.29, 1.82) is 0 Å². The third-order valence-corrected chi connectivity index (χ3v) is 2.48. The first kappa shape index (κ1) is 10.3. The fourth-order valence-corrected chi connectivity index (χ4v) is 1.60. The van der Waals surface area contributed by atoms with Crippen LogP contribution in [0.25, 0.3) is 0 Å². The van der Waals surface area contributed by atoms with E-state index in [2.05, 4.69) is 22.1 Å². The van der Waals surface area contributed by atoms with E-state index in [4.69, 9.17) is 4.42 Å². The summed E-state index contributed by atoms with van der Waals surface area (Å²) >= 11 is 0. The Labute approximate surface area is 90.4 Å². The van der Waals surface area contributed by atoms with Gasteiger partial charge in [0.2, 0.25) is 0 Å². The molecule has 0 saturated carbocycles. The average Bonchev–Trinajstić information content (AvgIpc) is 2.79. The van der Waals surface area contributed by atoms with E-state index in [0.717, 1.165) is 44.9 Å². The molecule has 1 aliphatic heterocycles. The Hall–Kier alpha value is -1.24. The number of furan rings is 1. The highest BCUT2D eigenvalue weighted by Crippen LogP contribution is 1.99. The number of hydrogen-bond donors (Lipinski definition) is 1. The van der Waals surface area contributed by atoms with Crippen molar-refractivity contribution in [1.82, 2.24) is 10.2 Å². The molecule has 1 aliphatic rings. The van der Waals surface area contributed by atoms with Crippen LogP contribution in [0.4, 0.5) is 0 Å². The molecule has 3 nitrogen and oxygen atoms in total. The molecule has 2 rings (SSSR count). The van der Waals surface area contributed by atoms with Crippen molar-refractivity contribution in [2.75, 3.05) is 32.7 Å². The van der Waals surface area contributed by atoms with Crippen LogP contribution in [0.1, 0.15) is 5.76 Å². The molecule has 1 saturated heterocycles. The number of piperazine rings is 1. The van der Waals surface area contributed by atoms with Gasteiger partial charge >= 0.3 is 0 Å². The van der Waals surface area contributed by atoms with Crippen LogP contribution in [-0.4, -0.2) is 37.6 Å². The van der Waals surface area contributed by atoms with Gasteiger partial charge in [0.1, 0.15) is 5.76 Å². The zero-order valence-corrected chi connectivity index (χ0v) is 8.83. The van der Waals surface area contributed by atoms with Crippen molar-refractivity contribution in [3.05, 3.63) is 24.2 Å². The second kappa shape index (κ2) is 5.59. The highest BCUT2D eigenvalue weighted by atomic mass is 16.3. The number of nitrogens with one attached hydrogen (secondary N) is 1. The lowest BCUT2D eigenvalue weighted by atomic mass is 10.3. The summed E-state index contributed by atoms with van der Waals surface area (Å²) in [6.07, 6.45) is 2.41. The predicted molar refractivity (Wildman–Crippen MR) is 59.5 cm³/mol. The van der Waals surface area contributed by atoms with Gasteiger partial charge in [-0.2, -0.15) is 0 Å². The molecule has 15 heavy (non-hydrogen) atoms. The van der Waals surface area contributed by atoms with Gasteiger partial charge in [-0.25, -0.2) is 0 Å². The zero-order valence-electron chi connectivity index (χ0n) is 8.83. The standard InChI is InChI=1S/C12H16N2O/c1(4-12-5-3-11-15-12)2-8-14-9-6-13-7-10-14/h3,5,11,13H,4,6-10H2. The largest absolute Gasteiger partial charge is 0.468 e. The summed E-state index contributed by atoms with van der Waals surface area (Å²) in [5.74, 6) is 7.26. The fraction of sp³-hybridized carbons (Fsp3) is 0.500. The molecular weight excluding hydrogens is 188 g/mol. The van der Waals surface area contributed by atoms with E-state index >= 15 is 0 Å². The lowest BCUT2D eigenvalue weighted by molar-refractivity contribution is 0.268. The minimum absolute atomic E-state index is 0.721. The molecule has 1 N–H and O–H groups in total. The summed E-state index contributed by atoms with van der Waals surface area (Å²) in [5.41, 5.74) is 0. The maximum absolute atomic E-state index is 5.20. The monoisotopic (exact) mass is 204 g/mol. The molecule has 0 aliphatic carbocycles. The van der Waals surface area contributed by atoms with Crippen LogP contribution in [0.3, 0.4) is 0 Å². The minimum atomic E-state index is 0.721. The van der Waals surface area contributed by atoms with E-state index in [1.54, 1.807) is 6.26 Å². The number of nitrogens with zero attached hydrogens (tertiary/aromatic N) is 1. The molecule has 80 valence electrons. The van der Waals surface area contributed by atoms with Gasteiger partial charge < -0.3 is 9.73 Å². The van der Waals surface area contributed by atoms with Crippen LogP contribution < -0.4 is 5.32 Å². The van der Waals surface area contributed by atoms with Crippen LogP contribution >= 0.6 is 0 Å². The molecule has 0 aromatic carbocycles. The van der Waals surface area contributed by atoms with Crippen LogP contribution in [0.15, 0.2) is 22.8 Å². The van der Waals surface area contributed by atoms with Gasteiger partial charge in [-0.1, -0.05) is 11.8 Å². The molecular formula is C12H16N2O. The van der Waals surface area contributed by atoms with Gasteiger partial charge in [0.15, 0.2) is 0 Å². The summed E-state index contributed by atoms with van der Waals surface area (Å²) in [6, 6.07) is 3.85. The van der Waals surface area contributed by atoms with E-state index in [1.807, 2.05) is 12.1 Å². The third-order valence-electron chi connectivity index (χ3n) is 2.48. The molecule has 1 aromatic heterocycles. The number of rotatable bonds is 2. The normalized spacial score (nSPS) is 17.1. The van der Waals surface area contributed by atoms with Gasteiger partial charge in [-0.15, -0.1) is 0 Å². The first-order valence-corrected chi connectivity index (χ1v) is 5.36. The predicted octanol–water partition coefficient (Wildman–Crippen LogP) is 0.731. The molecule has 0 spiro atoms. The van der Waals surface area contributed by atoms with Gasteiger partial charge in [-0.05, 0) is 12.1 Å². The van der Waals surface area contributed by atoms with Gasteiger partial charge in [-0.3, -0.25) is 4.90 Å². The first-order valence-electron chi connectivity index (χ1n) is 5.36. The van der Waals surface area contributed by atoms with E-state index in [-0.39, 0.29) is 0 Å². The molecule has 0 unspecified atom stereocenters. The molecule has 1 aromatic rings. The van der Waals surface area contributed by atoms with E-state index in [0.29, 0.717) is 0 Å². The lowest BCUT2D eigenvalue weighted by Gasteiger charge is -2.24. The van der Waals surface area contributed by atoms with E-state index in [9.17, 15) is 0 Å². The van der Waals surface area contributed by atoms with Gasteiger partial charge in [0.25, 0.3) is 0 Å². The highest BCUT2D eigenvalue weighted by molar-refractivity contribution is 5.11. The van der Waals surface area contributed by atoms with E-state index < -0.39 is 0 Å². The fourth-order valence-electron chi connectivity index (χ4n) is 1.60. The summed E-state index contributed by atoms with van der Waals surface area (Å²) in [5, 5.41) is 3.32. The Morgan fingerprint density at radius 2 is 2.20 bits per heavy atom. The summed E-state index contributed by atoms with van der Waals surface area (Å²) in [4.78, 5) is 2.37. The van der Waals surface area contributed by atoms with Crippen molar-refractivity contribution in [2.45, 2.75) is 6.42 Å². The van der Waals surface area contributed by atoms with Gasteiger partial charge in [0, 0.05) is 26.2 Å². The Balaban J connectivity index is 1.70. The Morgan fingerprint density at radius 3 is 2.93 bits per heavy atom. The van der Waals surface area contributed by atoms with Crippen LogP contribution in [-0.2, 0) is 6.42 Å². The second-order valence-electron chi connectivity index (χ2n) is 3.64. The SMILES string of the molecule is C(#CCN1CCNCC1)Cc1ccco1. The van der Waals surface area contributed by atoms with Crippen molar-refractivity contribution in [3.8, 4) is 11.8 Å². The van der Waals surface area contributed by atoms with Crippen LogP contribution in [0.5, 0.6) is 0 Å². The summed E-state index contributed by atoms with van der Waals surface area (Å²) in [6.45, 7) is 5.26. The molecule has 1 fully saturated rings. The smallest absolute Gasteiger partial charge is 0.115 e. The minimum Gasteiger partial charge on any atom is -0.468 e. The van der Waals surface area contributed by atoms with Crippen LogP contribution in [0, 0.1) is 11.8 Å². The third kappa shape index (κ3) is 3.43. The van der Waals surface area contributed by atoms with Gasteiger partial charge in [0.05, 0.1) is 19.2 Å². The van der Waals surface area contributed by atoms with Crippen LogP contribution in [0.2, 0.25) is 0 Å². The Bertz CT molecular complexity index is 328. The molecule has 0 amide bonds. The molecule has 0 atom stereocenters. The lowest BCUT2D eigenvalue weighted by Crippen LogP contribution is -2.43. The zero-order chi connectivity index (χ0) is 10.3. The topological polar surface area (TPSA) is 28.4 Å². The molecule has 2 heterocycles. The van der Waals surface area contributed by atoms with Crippen molar-refractivity contribution in [3.63, 3.8) is 0 Å². The quantitative estimate of drug-likeness (QED) is 0.720. The van der Waals surface area contributed by atoms with E-state index in [1.165, 1.54) is 0 Å². The van der Waals surface area contributed by atoms with Crippen molar-refractivity contribution >= 4 is 0 Å². The average molecular weight is 204 g/mol. The molecule has 0 radical (unpaired) electrons. The summed E-state index contributed by atoms with van der Waals surface area (Å²) in [7, 11) is 0. The second-order valence-corrected chi connectivity index (χ2v) is 3.64. The maximum Gasteiger partial charge on any atom is 0.115 e. The summed E-state index contributed by atoms with van der Waals surface area (Å²) < 4.78 is 5.20. The Morgan fingerprint density at radius 1 is 1.33 bits per heavy atom. The van der Waals surface area contributed by atoms with Crippen molar-refractivity contribution in [2.24, 2.45) is 0 Å². The molecule has 0 bridgehead atoms. The highest BCUT2D eigenvalue weighted by Gasteiger charge is 2.06. The maximum atomic E-state index is 5.20. The molecule has 3 heteroatoms. The first-order chi connectivity index (χ1) is 7.45.